The molecule has 1 atom stereocenters. The van der Waals surface area contributed by atoms with E-state index >= 15 is 0 Å². The van der Waals surface area contributed by atoms with Crippen molar-refractivity contribution in [1.29, 1.82) is 0 Å². The Morgan fingerprint density at radius 2 is 1.56 bits per heavy atom. The van der Waals surface area contributed by atoms with Crippen molar-refractivity contribution in [3.8, 4) is 0 Å². The predicted octanol–water partition coefficient (Wildman–Crippen LogP) is 2.83. The summed E-state index contributed by atoms with van der Waals surface area (Å²) in [5.41, 5.74) is 1.57. The Morgan fingerprint density at radius 1 is 1.00 bits per heavy atom. The Kier molecular flexibility index (Phi) is 4.45. The van der Waals surface area contributed by atoms with Crippen LogP contribution in [0.25, 0.3) is 5.57 Å². The molecule has 1 unspecified atom stereocenters. The van der Waals surface area contributed by atoms with E-state index in [1.54, 1.807) is 5.41 Å². The maximum Gasteiger partial charge on any atom is 0.0779 e. The van der Waals surface area contributed by atoms with E-state index in [0.717, 1.165) is 10.5 Å². The van der Waals surface area contributed by atoms with Crippen LogP contribution in [0.2, 0.25) is 0 Å². The Labute approximate surface area is 109 Å². The maximum absolute atomic E-state index is 12.1. The molecule has 2 aromatic carbocycles. The number of aliphatic hydroxyl groups excluding tert-OH is 1. The first-order valence-corrected chi connectivity index (χ1v) is 6.85. The van der Waals surface area contributed by atoms with Gasteiger partial charge in [-0.1, -0.05) is 48.5 Å². The highest BCUT2D eigenvalue weighted by Gasteiger charge is 2.04. The molecule has 92 valence electrons. The van der Waals surface area contributed by atoms with Gasteiger partial charge in [0.05, 0.1) is 17.4 Å². The number of benzene rings is 2. The van der Waals surface area contributed by atoms with Crippen LogP contribution in [0.4, 0.5) is 0 Å². The van der Waals surface area contributed by atoms with Crippen molar-refractivity contribution in [2.45, 2.75) is 4.90 Å². The highest BCUT2D eigenvalue weighted by molar-refractivity contribution is 7.88. The van der Waals surface area contributed by atoms with Crippen LogP contribution in [-0.4, -0.2) is 15.9 Å². The molecule has 0 saturated heterocycles. The van der Waals surface area contributed by atoms with E-state index in [4.69, 9.17) is 0 Å². The lowest BCUT2D eigenvalue weighted by Crippen LogP contribution is -1.94. The number of rotatable bonds is 4. The lowest BCUT2D eigenvalue weighted by Gasteiger charge is -2.04. The molecule has 0 heterocycles. The van der Waals surface area contributed by atoms with E-state index in [9.17, 15) is 9.32 Å². The van der Waals surface area contributed by atoms with Gasteiger partial charge in [-0.3, -0.25) is 0 Å². The second kappa shape index (κ2) is 6.28. The minimum atomic E-state index is -1.24. The van der Waals surface area contributed by atoms with E-state index in [1.165, 1.54) is 0 Å². The maximum atomic E-state index is 12.1. The van der Waals surface area contributed by atoms with Crippen LogP contribution in [0.3, 0.4) is 0 Å². The van der Waals surface area contributed by atoms with Gasteiger partial charge in [-0.05, 0) is 23.3 Å². The summed E-state index contributed by atoms with van der Waals surface area (Å²) >= 11 is 0. The van der Waals surface area contributed by atoms with Crippen LogP contribution in [0.1, 0.15) is 5.56 Å². The fraction of sp³-hybridized carbons (Fsp3) is 0.0667. The Morgan fingerprint density at radius 3 is 2.11 bits per heavy atom. The van der Waals surface area contributed by atoms with Gasteiger partial charge in [-0.2, -0.15) is 0 Å². The molecule has 0 aromatic heterocycles. The first-order chi connectivity index (χ1) is 8.81. The second-order valence-electron chi connectivity index (χ2n) is 3.78. The molecule has 0 aliphatic heterocycles. The first-order valence-electron chi connectivity index (χ1n) is 5.64. The molecular weight excluding hydrogens is 244 g/mol. The van der Waals surface area contributed by atoms with Crippen LogP contribution in [0.15, 0.2) is 71.0 Å². The van der Waals surface area contributed by atoms with E-state index in [1.807, 2.05) is 60.7 Å². The van der Waals surface area contributed by atoms with Crippen LogP contribution in [-0.2, 0) is 10.8 Å². The van der Waals surface area contributed by atoms with E-state index in [-0.39, 0.29) is 6.61 Å². The molecule has 2 nitrogen and oxygen atoms in total. The summed E-state index contributed by atoms with van der Waals surface area (Å²) in [5, 5.41) is 11.0. The molecule has 18 heavy (non-hydrogen) atoms. The molecule has 2 rings (SSSR count). The van der Waals surface area contributed by atoms with Gasteiger partial charge in [0.15, 0.2) is 0 Å². The van der Waals surface area contributed by atoms with Crippen molar-refractivity contribution in [3.63, 3.8) is 0 Å². The number of aliphatic hydroxyl groups is 1. The summed E-state index contributed by atoms with van der Waals surface area (Å²) in [4.78, 5) is 0.736. The quantitative estimate of drug-likeness (QED) is 0.915. The van der Waals surface area contributed by atoms with Gasteiger partial charge in [-0.15, -0.1) is 0 Å². The average Bonchev–Trinajstić information content (AvgIpc) is 2.46. The molecule has 1 N–H and O–H groups in total. The van der Waals surface area contributed by atoms with Crippen molar-refractivity contribution in [2.75, 3.05) is 6.61 Å². The van der Waals surface area contributed by atoms with Gasteiger partial charge < -0.3 is 5.11 Å². The Balaban J connectivity index is 2.29. The third-order valence-corrected chi connectivity index (χ3v) is 3.78. The predicted molar refractivity (Wildman–Crippen MR) is 74.4 cm³/mol. The standard InChI is InChI=1S/C15H14O2S/c16-11-14(13-7-3-1-4-8-13)12-18(17)15-9-5-2-6-10-15/h1-10,12,16H,11H2/b14-12+. The molecule has 0 saturated carbocycles. The summed E-state index contributed by atoms with van der Waals surface area (Å²) in [6.07, 6.45) is 0. The molecule has 0 spiro atoms. The van der Waals surface area contributed by atoms with Crippen molar-refractivity contribution >= 4 is 16.4 Å². The highest BCUT2D eigenvalue weighted by Crippen LogP contribution is 2.16. The van der Waals surface area contributed by atoms with Crippen molar-refractivity contribution < 1.29 is 9.32 Å². The molecule has 3 heteroatoms. The van der Waals surface area contributed by atoms with Crippen molar-refractivity contribution in [1.82, 2.24) is 0 Å². The minimum absolute atomic E-state index is 0.122. The van der Waals surface area contributed by atoms with E-state index < -0.39 is 10.8 Å². The topological polar surface area (TPSA) is 37.3 Å². The van der Waals surface area contributed by atoms with Gasteiger partial charge in [0.2, 0.25) is 0 Å². The normalized spacial score (nSPS) is 13.3. The van der Waals surface area contributed by atoms with E-state index in [2.05, 4.69) is 0 Å². The Bertz CT molecular complexity index is 547. The fourth-order valence-corrected chi connectivity index (χ4v) is 2.63. The van der Waals surface area contributed by atoms with E-state index in [0.29, 0.717) is 5.57 Å². The zero-order valence-corrected chi connectivity index (χ0v) is 10.6. The van der Waals surface area contributed by atoms with Crippen LogP contribution < -0.4 is 0 Å². The molecule has 0 bridgehead atoms. The smallest absolute Gasteiger partial charge is 0.0779 e. The van der Waals surface area contributed by atoms with Crippen LogP contribution >= 0.6 is 0 Å². The molecule has 0 fully saturated rings. The first kappa shape index (κ1) is 12.7. The monoisotopic (exact) mass is 258 g/mol. The van der Waals surface area contributed by atoms with Gasteiger partial charge in [0, 0.05) is 10.3 Å². The lowest BCUT2D eigenvalue weighted by molar-refractivity contribution is 0.350. The number of hydrogen-bond acceptors (Lipinski definition) is 2. The molecule has 0 amide bonds. The summed E-state index contributed by atoms with van der Waals surface area (Å²) in [5.74, 6) is 0. The summed E-state index contributed by atoms with van der Waals surface area (Å²) in [6, 6.07) is 18.7. The molecule has 0 aliphatic rings. The molecular formula is C15H14O2S. The van der Waals surface area contributed by atoms with Gasteiger partial charge in [0.1, 0.15) is 0 Å². The molecule has 0 radical (unpaired) electrons. The Hall–Kier alpha value is -1.71. The largest absolute Gasteiger partial charge is 0.392 e. The van der Waals surface area contributed by atoms with Gasteiger partial charge >= 0.3 is 0 Å². The van der Waals surface area contributed by atoms with Crippen molar-refractivity contribution in [2.24, 2.45) is 0 Å². The summed E-state index contributed by atoms with van der Waals surface area (Å²) in [7, 11) is -1.24. The zero-order chi connectivity index (χ0) is 12.8. The summed E-state index contributed by atoms with van der Waals surface area (Å²) in [6.45, 7) is -0.122. The fourth-order valence-electron chi connectivity index (χ4n) is 1.60. The minimum Gasteiger partial charge on any atom is -0.392 e. The average molecular weight is 258 g/mol. The SMILES string of the molecule is O=S(/C=C(\CO)c1ccccc1)c1ccccc1. The van der Waals surface area contributed by atoms with Crippen LogP contribution in [0.5, 0.6) is 0 Å². The third-order valence-electron chi connectivity index (χ3n) is 2.54. The highest BCUT2D eigenvalue weighted by atomic mass is 32.2. The molecule has 0 aliphatic carbocycles. The van der Waals surface area contributed by atoms with Crippen molar-refractivity contribution in [3.05, 3.63) is 71.6 Å². The zero-order valence-electron chi connectivity index (χ0n) is 9.82. The van der Waals surface area contributed by atoms with Gasteiger partial charge in [-0.25, -0.2) is 4.21 Å². The number of hydrogen-bond donors (Lipinski definition) is 1. The third kappa shape index (κ3) is 3.15. The summed E-state index contributed by atoms with van der Waals surface area (Å²) < 4.78 is 12.1. The molecule has 2 aromatic rings. The second-order valence-corrected chi connectivity index (χ2v) is 5.08. The van der Waals surface area contributed by atoms with Crippen LogP contribution in [0, 0.1) is 0 Å². The van der Waals surface area contributed by atoms with Gasteiger partial charge in [0.25, 0.3) is 0 Å². The lowest BCUT2D eigenvalue weighted by atomic mass is 10.1.